The molecule has 3 saturated heterocycles. The summed E-state index contributed by atoms with van der Waals surface area (Å²) in [7, 11) is 3.69. The highest BCUT2D eigenvalue weighted by molar-refractivity contribution is 6.36. The van der Waals surface area contributed by atoms with Crippen molar-refractivity contribution >= 4 is 42.5 Å². The van der Waals surface area contributed by atoms with Gasteiger partial charge in [0.25, 0.3) is 0 Å². The number of alkyl halides is 3. The lowest BCUT2D eigenvalue weighted by atomic mass is 9.78. The summed E-state index contributed by atoms with van der Waals surface area (Å²) in [6.07, 6.45) is 1.42. The summed E-state index contributed by atoms with van der Waals surface area (Å²) in [5.41, 5.74) is 7.16. The molecule has 2 aromatic carbocycles. The molecule has 13 heteroatoms. The Labute approximate surface area is 294 Å². The minimum absolute atomic E-state index is 0.0183. The topological polar surface area (TPSA) is 102 Å². The summed E-state index contributed by atoms with van der Waals surface area (Å²) < 4.78 is 41.7. The minimum atomic E-state index is -4.63. The fourth-order valence-electron chi connectivity index (χ4n) is 8.61. The van der Waals surface area contributed by atoms with Crippen LogP contribution in [0.2, 0.25) is 0 Å². The number of para-hydroxylation sites is 1. The highest BCUT2D eigenvalue weighted by atomic mass is 19.4. The van der Waals surface area contributed by atoms with Crippen molar-refractivity contribution < 1.29 is 27.6 Å². The number of hydrogen-bond donors (Lipinski definition) is 2. The van der Waals surface area contributed by atoms with Crippen molar-refractivity contribution in [3.8, 4) is 0 Å². The quantitative estimate of drug-likeness (QED) is 0.340. The lowest BCUT2D eigenvalue weighted by molar-refractivity contribution is -0.143. The number of nitrogens with zero attached hydrogens (tertiary/aromatic N) is 4. The van der Waals surface area contributed by atoms with Crippen LogP contribution >= 0.6 is 0 Å². The summed E-state index contributed by atoms with van der Waals surface area (Å²) in [6, 6.07) is 10.3. The molecule has 6 rings (SSSR count). The maximum Gasteiger partial charge on any atom is 0.418 e. The normalized spacial score (nSPS) is 21.0. The number of amides is 4. The summed E-state index contributed by atoms with van der Waals surface area (Å²) in [5, 5.41) is 3.02. The Hall–Kier alpha value is -3.74. The van der Waals surface area contributed by atoms with Gasteiger partial charge in [-0.25, -0.2) is 4.79 Å². The monoisotopic (exact) mass is 694 g/mol. The molecule has 3 N–H and O–H groups in total. The first-order chi connectivity index (χ1) is 23.9. The predicted octanol–water partition coefficient (Wildman–Crippen LogP) is 3.76. The Bertz CT molecular complexity index is 1550. The van der Waals surface area contributed by atoms with Gasteiger partial charge in [0.15, 0.2) is 0 Å². The molecule has 0 saturated carbocycles. The van der Waals surface area contributed by atoms with Crippen LogP contribution in [-0.4, -0.2) is 104 Å². The lowest BCUT2D eigenvalue weighted by Crippen LogP contribution is -2.50. The molecule has 4 amide bonds. The van der Waals surface area contributed by atoms with Crippen molar-refractivity contribution in [1.29, 1.82) is 0 Å². The van der Waals surface area contributed by atoms with Crippen LogP contribution in [0.1, 0.15) is 61.6 Å². The maximum absolute atomic E-state index is 14.2. The molecule has 4 aliphatic rings. The Morgan fingerprint density at radius 3 is 2.20 bits per heavy atom. The van der Waals surface area contributed by atoms with E-state index in [2.05, 4.69) is 17.3 Å². The van der Waals surface area contributed by atoms with Gasteiger partial charge in [-0.3, -0.25) is 9.59 Å². The first-order valence-electron chi connectivity index (χ1n) is 18.2. The number of rotatable bonds is 7. The molecular weight excluding hydrogens is 644 g/mol. The van der Waals surface area contributed by atoms with Crippen molar-refractivity contribution in [2.24, 2.45) is 17.8 Å². The summed E-state index contributed by atoms with van der Waals surface area (Å²) in [4.78, 5) is 48.9. The van der Waals surface area contributed by atoms with Gasteiger partial charge in [-0.2, -0.15) is 13.2 Å². The van der Waals surface area contributed by atoms with Gasteiger partial charge in [-0.05, 0) is 107 Å². The Kier molecular flexibility index (Phi) is 11.0. The highest BCUT2D eigenvalue weighted by Crippen LogP contribution is 2.35. The van der Waals surface area contributed by atoms with Gasteiger partial charge >= 0.3 is 12.2 Å². The molecule has 4 aliphatic heterocycles. The standard InChI is InChI=1S/C37H50BF3N6O3/c1-44-13-6-25(7-14-44)26-8-15-46(16-9-26)35(49)28(20-24-21-30(37(39,40)41)34(42)31(38)22-24)23-33(48)45-17-11-29(12-18-45)47-19-10-27-4-2-3-5-32(27)43-36(47)50/h2-5,21-22,25-26,28-29H,6-20,23,38,42H2,1H3,(H,43,50)/t28-/m0/s1. The van der Waals surface area contributed by atoms with Crippen LogP contribution in [0.4, 0.5) is 29.3 Å². The van der Waals surface area contributed by atoms with E-state index in [0.717, 1.165) is 62.5 Å². The minimum Gasteiger partial charge on any atom is -0.399 e. The average molecular weight is 695 g/mol. The number of halogens is 3. The van der Waals surface area contributed by atoms with Crippen molar-refractivity contribution in [3.05, 3.63) is 53.1 Å². The van der Waals surface area contributed by atoms with E-state index in [1.165, 1.54) is 7.85 Å². The Morgan fingerprint density at radius 2 is 1.54 bits per heavy atom. The number of anilines is 2. The highest BCUT2D eigenvalue weighted by Gasteiger charge is 2.38. The van der Waals surface area contributed by atoms with Gasteiger partial charge in [0.2, 0.25) is 11.8 Å². The lowest BCUT2D eigenvalue weighted by Gasteiger charge is -2.40. The molecule has 0 bridgehead atoms. The van der Waals surface area contributed by atoms with Gasteiger partial charge in [0.05, 0.1) is 11.5 Å². The average Bonchev–Trinajstić information content (AvgIpc) is 3.27. The molecule has 270 valence electrons. The zero-order valence-electron chi connectivity index (χ0n) is 29.3. The molecule has 2 aromatic rings. The third kappa shape index (κ3) is 8.24. The summed E-state index contributed by atoms with van der Waals surface area (Å²) in [6.45, 7) is 4.86. The van der Waals surface area contributed by atoms with Crippen LogP contribution in [0.15, 0.2) is 36.4 Å². The number of fused-ring (bicyclic) bond motifs is 1. The van der Waals surface area contributed by atoms with E-state index in [0.29, 0.717) is 68.4 Å². The van der Waals surface area contributed by atoms with E-state index in [1.807, 2.05) is 34.1 Å². The molecule has 50 heavy (non-hydrogen) atoms. The van der Waals surface area contributed by atoms with Crippen molar-refractivity contribution in [2.45, 2.75) is 70.0 Å². The SMILES string of the molecule is Bc1cc(C[C@@H](CC(=O)N2CCC(N3CCc4ccccc4NC3=O)CC2)C(=O)N2CCC(C3CCN(C)CC3)CC2)cc(C(F)(F)F)c1N. The molecule has 0 spiro atoms. The third-order valence-corrected chi connectivity index (χ3v) is 11.7. The van der Waals surface area contributed by atoms with E-state index < -0.39 is 17.7 Å². The van der Waals surface area contributed by atoms with Crippen LogP contribution in [-0.2, 0) is 28.6 Å². The maximum atomic E-state index is 14.2. The second-order valence-corrected chi connectivity index (χ2v) is 14.9. The zero-order chi connectivity index (χ0) is 35.6. The molecule has 0 radical (unpaired) electrons. The van der Waals surface area contributed by atoms with Crippen molar-refractivity contribution in [2.75, 3.05) is 63.9 Å². The van der Waals surface area contributed by atoms with Crippen molar-refractivity contribution in [1.82, 2.24) is 19.6 Å². The third-order valence-electron chi connectivity index (χ3n) is 11.7. The van der Waals surface area contributed by atoms with Gasteiger partial charge in [-0.1, -0.05) is 29.7 Å². The molecule has 3 fully saturated rings. The van der Waals surface area contributed by atoms with E-state index in [-0.39, 0.29) is 42.4 Å². The molecule has 4 heterocycles. The van der Waals surface area contributed by atoms with E-state index >= 15 is 0 Å². The van der Waals surface area contributed by atoms with Gasteiger partial charge in [0, 0.05) is 56.6 Å². The fourth-order valence-corrected chi connectivity index (χ4v) is 8.61. The van der Waals surface area contributed by atoms with Crippen LogP contribution in [0.3, 0.4) is 0 Å². The van der Waals surface area contributed by atoms with E-state index in [1.54, 1.807) is 11.0 Å². The number of nitrogen functional groups attached to an aromatic ring is 1. The predicted molar refractivity (Wildman–Crippen MR) is 191 cm³/mol. The number of piperidine rings is 3. The second kappa shape index (κ2) is 15.2. The first kappa shape index (κ1) is 36.1. The van der Waals surface area contributed by atoms with Crippen LogP contribution < -0.4 is 16.5 Å². The van der Waals surface area contributed by atoms with Crippen LogP contribution in [0.25, 0.3) is 0 Å². The molecular formula is C37H50BF3N6O3. The molecule has 1 atom stereocenters. The van der Waals surface area contributed by atoms with Gasteiger partial charge < -0.3 is 30.7 Å². The summed E-state index contributed by atoms with van der Waals surface area (Å²) in [5.74, 6) is 0.0682. The number of likely N-dealkylation sites (tertiary alicyclic amines) is 3. The zero-order valence-corrected chi connectivity index (χ0v) is 29.3. The second-order valence-electron chi connectivity index (χ2n) is 14.9. The number of nitrogens with one attached hydrogen (secondary N) is 1. The molecule has 0 aliphatic carbocycles. The first-order valence-corrected chi connectivity index (χ1v) is 18.2. The van der Waals surface area contributed by atoms with Crippen LogP contribution in [0, 0.1) is 17.8 Å². The van der Waals surface area contributed by atoms with Crippen LogP contribution in [0.5, 0.6) is 0 Å². The Balaban J connectivity index is 1.12. The number of hydrogen-bond acceptors (Lipinski definition) is 5. The number of carbonyl (C=O) groups is 3. The van der Waals surface area contributed by atoms with Crippen molar-refractivity contribution in [3.63, 3.8) is 0 Å². The van der Waals surface area contributed by atoms with Gasteiger partial charge in [-0.15, -0.1) is 0 Å². The number of urea groups is 1. The van der Waals surface area contributed by atoms with E-state index in [9.17, 15) is 27.6 Å². The van der Waals surface area contributed by atoms with Gasteiger partial charge in [0.1, 0.15) is 7.85 Å². The summed E-state index contributed by atoms with van der Waals surface area (Å²) >= 11 is 0. The molecule has 0 unspecified atom stereocenters. The fraction of sp³-hybridized carbons (Fsp3) is 0.595. The number of benzene rings is 2. The Morgan fingerprint density at radius 1 is 0.920 bits per heavy atom. The molecule has 0 aromatic heterocycles. The smallest absolute Gasteiger partial charge is 0.399 e. The number of nitrogens with two attached hydrogens (primary N) is 1. The van der Waals surface area contributed by atoms with E-state index in [4.69, 9.17) is 5.73 Å². The largest absolute Gasteiger partial charge is 0.418 e. The molecule has 9 nitrogen and oxygen atoms in total. The number of carbonyl (C=O) groups excluding carboxylic acids is 3.